The maximum atomic E-state index is 13.1. The average Bonchev–Trinajstić information content (AvgIpc) is 3.33. The van der Waals surface area contributed by atoms with E-state index < -0.39 is 23.6 Å². The number of urea groups is 1. The summed E-state index contributed by atoms with van der Waals surface area (Å²) in [5.74, 6) is -0.405. The molecular weight excluding hydrogens is 378 g/mol. The molecule has 2 aliphatic heterocycles. The topological polar surface area (TPSA) is 126 Å². The highest BCUT2D eigenvalue weighted by molar-refractivity contribution is 6.07. The van der Waals surface area contributed by atoms with Crippen molar-refractivity contribution in [3.05, 3.63) is 36.2 Å². The molecule has 0 aliphatic carbocycles. The summed E-state index contributed by atoms with van der Waals surface area (Å²) in [4.78, 5) is 28.8. The fourth-order valence-electron chi connectivity index (χ4n) is 3.65. The van der Waals surface area contributed by atoms with Gasteiger partial charge in [0.1, 0.15) is 11.9 Å². The van der Waals surface area contributed by atoms with Crippen LogP contribution in [0, 0.1) is 0 Å². The average molecular weight is 401 g/mol. The van der Waals surface area contributed by atoms with Gasteiger partial charge in [-0.2, -0.15) is 0 Å². The Bertz CT molecular complexity index is 884. The predicted molar refractivity (Wildman–Crippen MR) is 100 cm³/mol. The number of aliphatic hydroxyl groups excluding tert-OH is 1. The Morgan fingerprint density at radius 1 is 1.28 bits per heavy atom. The van der Waals surface area contributed by atoms with Gasteiger partial charge < -0.3 is 15.2 Å². The number of ether oxygens (including phenoxy) is 1. The van der Waals surface area contributed by atoms with Crippen molar-refractivity contribution in [2.45, 2.75) is 18.6 Å². The number of aliphatic hydroxyl groups is 1. The van der Waals surface area contributed by atoms with Crippen LogP contribution in [0.4, 0.5) is 4.79 Å². The van der Waals surface area contributed by atoms with Crippen LogP contribution in [-0.4, -0.2) is 92.5 Å². The molecule has 2 saturated heterocycles. The molecular formula is C18H23N7O4. The minimum absolute atomic E-state index is 0.0652. The third-order valence-electron chi connectivity index (χ3n) is 5.28. The summed E-state index contributed by atoms with van der Waals surface area (Å²) in [6.07, 6.45) is 0.614. The Hall–Kier alpha value is -2.89. The fourth-order valence-corrected chi connectivity index (χ4v) is 3.65. The number of β-amino-alcohol motifs (C(OH)–C–C–N with tert-alkyl or cyclic N) is 1. The minimum atomic E-state index is -1.24. The quantitative estimate of drug-likeness (QED) is 0.598. The third-order valence-corrected chi connectivity index (χ3v) is 5.28. The predicted octanol–water partition coefficient (Wildman–Crippen LogP) is -0.878. The van der Waals surface area contributed by atoms with Gasteiger partial charge in [-0.05, 0) is 35.0 Å². The molecule has 0 bridgehead atoms. The van der Waals surface area contributed by atoms with Crippen LogP contribution in [0.5, 0.6) is 0 Å². The summed E-state index contributed by atoms with van der Waals surface area (Å²) in [6.45, 7) is 4.64. The maximum Gasteiger partial charge on any atom is 0.325 e. The molecule has 2 N–H and O–H groups in total. The zero-order valence-corrected chi connectivity index (χ0v) is 16.1. The molecule has 0 spiro atoms. The first-order valence-electron chi connectivity index (χ1n) is 9.43. The number of nitrogens with zero attached hydrogens (tertiary/aromatic N) is 6. The van der Waals surface area contributed by atoms with Crippen molar-refractivity contribution in [2.24, 2.45) is 0 Å². The van der Waals surface area contributed by atoms with Gasteiger partial charge in [0.15, 0.2) is 0 Å². The van der Waals surface area contributed by atoms with Gasteiger partial charge >= 0.3 is 6.03 Å². The molecule has 11 heteroatoms. The molecule has 11 nitrogen and oxygen atoms in total. The van der Waals surface area contributed by atoms with Gasteiger partial charge in [-0.3, -0.25) is 14.6 Å². The number of tetrazole rings is 1. The zero-order chi connectivity index (χ0) is 20.4. The molecule has 154 valence electrons. The van der Waals surface area contributed by atoms with Gasteiger partial charge in [0.05, 0.1) is 31.5 Å². The van der Waals surface area contributed by atoms with Gasteiger partial charge in [-0.1, -0.05) is 12.1 Å². The van der Waals surface area contributed by atoms with E-state index >= 15 is 0 Å². The molecule has 0 saturated carbocycles. The number of aromatic nitrogens is 4. The second-order valence-electron chi connectivity index (χ2n) is 7.34. The molecule has 3 amide bonds. The van der Waals surface area contributed by atoms with E-state index in [1.54, 1.807) is 31.2 Å². The van der Waals surface area contributed by atoms with Crippen LogP contribution in [-0.2, 0) is 15.1 Å². The number of carbonyl (C=O) groups is 2. The van der Waals surface area contributed by atoms with Gasteiger partial charge in [0.2, 0.25) is 0 Å². The smallest absolute Gasteiger partial charge is 0.325 e. The zero-order valence-electron chi connectivity index (χ0n) is 16.1. The first kappa shape index (κ1) is 19.4. The summed E-state index contributed by atoms with van der Waals surface area (Å²) in [6, 6.07) is 6.56. The molecule has 1 aromatic carbocycles. The summed E-state index contributed by atoms with van der Waals surface area (Å²) in [5, 5.41) is 24.3. The molecule has 0 unspecified atom stereocenters. The van der Waals surface area contributed by atoms with Crippen LogP contribution in [0.2, 0.25) is 0 Å². The van der Waals surface area contributed by atoms with E-state index in [4.69, 9.17) is 4.74 Å². The summed E-state index contributed by atoms with van der Waals surface area (Å²) >= 11 is 0. The molecule has 0 radical (unpaired) electrons. The van der Waals surface area contributed by atoms with Crippen LogP contribution in [0.15, 0.2) is 30.6 Å². The van der Waals surface area contributed by atoms with Crippen LogP contribution in [0.3, 0.4) is 0 Å². The molecule has 2 aromatic rings. The number of imide groups is 1. The molecule has 2 fully saturated rings. The van der Waals surface area contributed by atoms with E-state index in [1.165, 1.54) is 11.0 Å². The lowest BCUT2D eigenvalue weighted by Gasteiger charge is -2.29. The van der Waals surface area contributed by atoms with Gasteiger partial charge in [-0.15, -0.1) is 5.10 Å². The summed E-state index contributed by atoms with van der Waals surface area (Å²) in [5.41, 5.74) is 0.0374. The van der Waals surface area contributed by atoms with Gasteiger partial charge in [0.25, 0.3) is 5.91 Å². The first-order chi connectivity index (χ1) is 14.0. The van der Waals surface area contributed by atoms with E-state index in [0.29, 0.717) is 31.0 Å². The number of benzene rings is 1. The Balaban J connectivity index is 1.49. The number of rotatable bonds is 6. The Kier molecular flexibility index (Phi) is 5.26. The van der Waals surface area contributed by atoms with Crippen molar-refractivity contribution in [1.82, 2.24) is 35.3 Å². The number of nitrogens with one attached hydrogen (secondary N) is 1. The Morgan fingerprint density at radius 3 is 2.79 bits per heavy atom. The van der Waals surface area contributed by atoms with Crippen LogP contribution < -0.4 is 5.32 Å². The molecule has 1 aromatic heterocycles. The highest BCUT2D eigenvalue weighted by atomic mass is 16.5. The van der Waals surface area contributed by atoms with E-state index in [2.05, 4.69) is 25.7 Å². The maximum absolute atomic E-state index is 13.1. The van der Waals surface area contributed by atoms with Crippen molar-refractivity contribution in [3.63, 3.8) is 0 Å². The van der Waals surface area contributed by atoms with E-state index in [1.807, 2.05) is 0 Å². The standard InChI is InChI=1S/C18H23N7O4/c1-18(13-3-2-4-14(9-13)25-12-19-21-22-25)16(27)24(17(28)20-18)11-15(26)10-23-5-7-29-8-6-23/h2-4,9,12,15,26H,5-8,10-11H2,1H3,(H,20,28)/t15-,18+/m0/s1. The number of morpholine rings is 1. The van der Waals surface area contributed by atoms with Gasteiger partial charge in [0, 0.05) is 19.6 Å². The van der Waals surface area contributed by atoms with E-state index in [0.717, 1.165) is 18.0 Å². The molecule has 29 heavy (non-hydrogen) atoms. The molecule has 2 atom stereocenters. The fraction of sp³-hybridized carbons (Fsp3) is 0.500. The largest absolute Gasteiger partial charge is 0.390 e. The summed E-state index contributed by atoms with van der Waals surface area (Å²) < 4.78 is 6.77. The van der Waals surface area contributed by atoms with Crippen molar-refractivity contribution in [3.8, 4) is 5.69 Å². The minimum Gasteiger partial charge on any atom is -0.390 e. The highest BCUT2D eigenvalue weighted by Crippen LogP contribution is 2.30. The van der Waals surface area contributed by atoms with Crippen LogP contribution in [0.25, 0.3) is 5.69 Å². The highest BCUT2D eigenvalue weighted by Gasteiger charge is 2.49. The van der Waals surface area contributed by atoms with Crippen molar-refractivity contribution >= 4 is 11.9 Å². The Labute approximate surface area is 167 Å². The lowest BCUT2D eigenvalue weighted by molar-refractivity contribution is -0.132. The van der Waals surface area contributed by atoms with Crippen LogP contribution >= 0.6 is 0 Å². The molecule has 4 rings (SSSR count). The van der Waals surface area contributed by atoms with Crippen molar-refractivity contribution in [1.29, 1.82) is 0 Å². The number of hydrogen-bond acceptors (Lipinski definition) is 8. The van der Waals surface area contributed by atoms with Gasteiger partial charge in [-0.25, -0.2) is 9.48 Å². The monoisotopic (exact) mass is 401 g/mol. The first-order valence-corrected chi connectivity index (χ1v) is 9.43. The summed E-state index contributed by atoms with van der Waals surface area (Å²) in [7, 11) is 0. The lowest BCUT2D eigenvalue weighted by Crippen LogP contribution is -2.46. The second kappa shape index (κ2) is 7.85. The number of hydrogen-bond donors (Lipinski definition) is 2. The molecule has 2 aliphatic rings. The van der Waals surface area contributed by atoms with Crippen LogP contribution in [0.1, 0.15) is 12.5 Å². The van der Waals surface area contributed by atoms with E-state index in [9.17, 15) is 14.7 Å². The number of amides is 3. The van der Waals surface area contributed by atoms with E-state index in [-0.39, 0.29) is 6.54 Å². The lowest BCUT2D eigenvalue weighted by atomic mass is 9.91. The SMILES string of the molecule is C[C@]1(c2cccc(-n3cnnn3)c2)NC(=O)N(C[C@@H](O)CN2CCOCC2)C1=O. The molecule has 3 heterocycles. The van der Waals surface area contributed by atoms with Crippen molar-refractivity contribution in [2.75, 3.05) is 39.4 Å². The normalized spacial score (nSPS) is 24.0. The third kappa shape index (κ3) is 3.84. The van der Waals surface area contributed by atoms with Crippen molar-refractivity contribution < 1.29 is 19.4 Å². The number of carbonyl (C=O) groups excluding carboxylic acids is 2. The second-order valence-corrected chi connectivity index (χ2v) is 7.34. The Morgan fingerprint density at radius 2 is 2.07 bits per heavy atom.